The molecule has 0 saturated heterocycles. The minimum Gasteiger partial charge on any atom is -0.331 e. The summed E-state index contributed by atoms with van der Waals surface area (Å²) >= 11 is 0. The second kappa shape index (κ2) is 13.5. The van der Waals surface area contributed by atoms with E-state index in [1.54, 1.807) is 0 Å². The van der Waals surface area contributed by atoms with E-state index in [0.717, 1.165) is 85.5 Å². The second-order valence-corrected chi connectivity index (χ2v) is 11.6. The average Bonchev–Trinajstić information content (AvgIpc) is 3.82. The zero-order valence-corrected chi connectivity index (χ0v) is 28.4. The Labute approximate surface area is 278 Å². The third kappa shape index (κ3) is 6.19. The van der Waals surface area contributed by atoms with Crippen molar-refractivity contribution in [2.75, 3.05) is 0 Å². The van der Waals surface area contributed by atoms with Gasteiger partial charge in [-0.3, -0.25) is 0 Å². The molecule has 0 amide bonds. The summed E-state index contributed by atoms with van der Waals surface area (Å²) in [4.78, 5) is 13.6. The quantitative estimate of drug-likeness (QED) is 0.179. The minimum atomic E-state index is 0.900. The molecule has 6 nitrogen and oxygen atoms in total. The molecule has 0 atom stereocenters. The maximum absolute atomic E-state index is 4.65. The normalized spacial score (nSPS) is 11.0. The van der Waals surface area contributed by atoms with Gasteiger partial charge in [0.1, 0.15) is 17.5 Å². The number of aromatic nitrogens is 6. The van der Waals surface area contributed by atoms with Crippen LogP contribution in [0.3, 0.4) is 0 Å². The van der Waals surface area contributed by atoms with Gasteiger partial charge in [-0.15, -0.1) is 0 Å². The van der Waals surface area contributed by atoms with Gasteiger partial charge in [0.2, 0.25) is 0 Å². The Kier molecular flexibility index (Phi) is 9.03. The smallest absolute Gasteiger partial charge is 0.110 e. The highest BCUT2D eigenvalue weighted by molar-refractivity contribution is 5.84. The van der Waals surface area contributed by atoms with Gasteiger partial charge < -0.3 is 13.7 Å². The molecule has 236 valence electrons. The lowest BCUT2D eigenvalue weighted by atomic mass is 9.92. The van der Waals surface area contributed by atoms with Gasteiger partial charge in [0, 0.05) is 49.7 Å². The first kappa shape index (κ1) is 31.5. The standard InChI is InChI=1S/C39H36N6.C2H6/c1-6-39-42-25-38(44(39)5)32-14-8-11-29(19-32)34-20-33(28-10-7-13-31(18-28)37-24-41-26(2)43(37)4)21-35(22-34)30-12-9-15-36(23-30)45-17-16-40-27(45)3;1-2/h7-25H,6H2,1-5H3;1-2H3. The van der Waals surface area contributed by atoms with Gasteiger partial charge in [0.05, 0.1) is 23.8 Å². The third-order valence-corrected chi connectivity index (χ3v) is 8.82. The molecule has 7 rings (SSSR count). The Morgan fingerprint density at radius 2 is 1.02 bits per heavy atom. The van der Waals surface area contributed by atoms with E-state index in [-0.39, 0.29) is 0 Å². The van der Waals surface area contributed by atoms with E-state index in [2.05, 4.69) is 141 Å². The molecular formula is C41H42N6. The molecule has 7 aromatic rings. The first-order valence-electron chi connectivity index (χ1n) is 16.4. The Morgan fingerprint density at radius 1 is 0.532 bits per heavy atom. The fourth-order valence-electron chi connectivity index (χ4n) is 6.14. The summed E-state index contributed by atoms with van der Waals surface area (Å²) in [6.45, 7) is 10.2. The summed E-state index contributed by atoms with van der Waals surface area (Å²) < 4.78 is 6.45. The monoisotopic (exact) mass is 618 g/mol. The van der Waals surface area contributed by atoms with Crippen LogP contribution in [-0.2, 0) is 20.5 Å². The van der Waals surface area contributed by atoms with Crippen LogP contribution in [-0.4, -0.2) is 28.7 Å². The number of imidazole rings is 3. The fraction of sp³-hybridized carbons (Fsp3) is 0.195. The van der Waals surface area contributed by atoms with Crippen LogP contribution in [0.25, 0.3) is 61.6 Å². The first-order chi connectivity index (χ1) is 22.9. The van der Waals surface area contributed by atoms with Crippen molar-refractivity contribution in [3.8, 4) is 61.6 Å². The lowest BCUT2D eigenvalue weighted by Crippen LogP contribution is -1.98. The molecule has 0 aliphatic heterocycles. The molecule has 6 heteroatoms. The van der Waals surface area contributed by atoms with Gasteiger partial charge in [-0.1, -0.05) is 69.3 Å². The fourth-order valence-corrected chi connectivity index (χ4v) is 6.14. The number of aryl methyl sites for hydroxylation is 3. The van der Waals surface area contributed by atoms with Crippen molar-refractivity contribution in [3.63, 3.8) is 0 Å². The number of hydrogen-bond acceptors (Lipinski definition) is 3. The Morgan fingerprint density at radius 3 is 1.51 bits per heavy atom. The largest absolute Gasteiger partial charge is 0.331 e. The van der Waals surface area contributed by atoms with Crippen molar-refractivity contribution >= 4 is 0 Å². The topological polar surface area (TPSA) is 53.5 Å². The maximum atomic E-state index is 4.65. The molecule has 47 heavy (non-hydrogen) atoms. The van der Waals surface area contributed by atoms with E-state index in [0.29, 0.717) is 0 Å². The summed E-state index contributed by atoms with van der Waals surface area (Å²) in [6, 6.07) is 33.1. The van der Waals surface area contributed by atoms with Crippen LogP contribution < -0.4 is 0 Å². The average molecular weight is 619 g/mol. The van der Waals surface area contributed by atoms with Gasteiger partial charge >= 0.3 is 0 Å². The molecule has 3 heterocycles. The minimum absolute atomic E-state index is 0.900. The zero-order chi connectivity index (χ0) is 33.1. The zero-order valence-electron chi connectivity index (χ0n) is 28.4. The van der Waals surface area contributed by atoms with E-state index in [1.165, 1.54) is 0 Å². The Hall–Kier alpha value is -5.49. The van der Waals surface area contributed by atoms with Gasteiger partial charge in [-0.05, 0) is 89.7 Å². The summed E-state index contributed by atoms with van der Waals surface area (Å²) in [5.41, 5.74) is 12.6. The van der Waals surface area contributed by atoms with Crippen LogP contribution >= 0.6 is 0 Å². The molecule has 0 N–H and O–H groups in total. The molecule has 0 saturated carbocycles. The van der Waals surface area contributed by atoms with Crippen LogP contribution in [0.4, 0.5) is 0 Å². The van der Waals surface area contributed by atoms with Gasteiger partial charge in [0.25, 0.3) is 0 Å². The first-order valence-corrected chi connectivity index (χ1v) is 16.4. The molecular weight excluding hydrogens is 576 g/mol. The Bertz CT molecular complexity index is 2160. The van der Waals surface area contributed by atoms with Crippen molar-refractivity contribution in [2.24, 2.45) is 14.1 Å². The highest BCUT2D eigenvalue weighted by Crippen LogP contribution is 2.36. The maximum Gasteiger partial charge on any atom is 0.110 e. The lowest BCUT2D eigenvalue weighted by molar-refractivity contribution is 0.813. The van der Waals surface area contributed by atoms with E-state index in [1.807, 2.05) is 52.5 Å². The van der Waals surface area contributed by atoms with Gasteiger partial charge in [-0.25, -0.2) is 15.0 Å². The van der Waals surface area contributed by atoms with Gasteiger partial charge in [0.15, 0.2) is 0 Å². The van der Waals surface area contributed by atoms with Crippen molar-refractivity contribution < 1.29 is 0 Å². The van der Waals surface area contributed by atoms with Crippen LogP contribution in [0.15, 0.2) is 116 Å². The molecule has 0 radical (unpaired) electrons. The molecule has 0 unspecified atom stereocenters. The molecule has 0 bridgehead atoms. The Balaban J connectivity index is 0.00000190. The second-order valence-electron chi connectivity index (χ2n) is 11.6. The lowest BCUT2D eigenvalue weighted by Gasteiger charge is -2.14. The van der Waals surface area contributed by atoms with E-state index in [4.69, 9.17) is 0 Å². The summed E-state index contributed by atoms with van der Waals surface area (Å²) in [7, 11) is 4.16. The predicted molar refractivity (Wildman–Crippen MR) is 194 cm³/mol. The molecule has 0 fully saturated rings. The van der Waals surface area contributed by atoms with E-state index in [9.17, 15) is 0 Å². The molecule has 0 aliphatic carbocycles. The third-order valence-electron chi connectivity index (χ3n) is 8.82. The SMILES string of the molecule is CC.CCc1ncc(-c2cccc(-c3cc(-c4cccc(-c5cnc(C)n5C)c4)cc(-c4cccc(-n5ccnc5C)c4)c3)c2)n1C. The molecule has 4 aromatic carbocycles. The highest BCUT2D eigenvalue weighted by Gasteiger charge is 2.13. The van der Waals surface area contributed by atoms with Crippen molar-refractivity contribution in [2.45, 2.75) is 41.0 Å². The molecule has 3 aromatic heterocycles. The number of hydrogen-bond donors (Lipinski definition) is 0. The molecule has 0 spiro atoms. The summed E-state index contributed by atoms with van der Waals surface area (Å²) in [6.07, 6.45) is 8.69. The van der Waals surface area contributed by atoms with E-state index < -0.39 is 0 Å². The summed E-state index contributed by atoms with van der Waals surface area (Å²) in [5, 5.41) is 0. The number of rotatable bonds is 7. The number of nitrogens with zero attached hydrogens (tertiary/aromatic N) is 6. The summed E-state index contributed by atoms with van der Waals surface area (Å²) in [5.74, 6) is 3.03. The predicted octanol–water partition coefficient (Wildman–Crippen LogP) is 9.88. The van der Waals surface area contributed by atoms with Crippen molar-refractivity contribution in [3.05, 3.63) is 133 Å². The van der Waals surface area contributed by atoms with E-state index >= 15 is 0 Å². The van der Waals surface area contributed by atoms with Crippen LogP contribution in [0.2, 0.25) is 0 Å². The van der Waals surface area contributed by atoms with Crippen LogP contribution in [0.5, 0.6) is 0 Å². The highest BCUT2D eigenvalue weighted by atomic mass is 15.1. The van der Waals surface area contributed by atoms with Crippen molar-refractivity contribution in [1.82, 2.24) is 28.7 Å². The van der Waals surface area contributed by atoms with Gasteiger partial charge in [-0.2, -0.15) is 0 Å². The van der Waals surface area contributed by atoms with Crippen LogP contribution in [0.1, 0.15) is 38.2 Å². The molecule has 0 aliphatic rings. The van der Waals surface area contributed by atoms with Crippen molar-refractivity contribution in [1.29, 1.82) is 0 Å². The van der Waals surface area contributed by atoms with Crippen LogP contribution in [0, 0.1) is 13.8 Å². The number of benzene rings is 4.